The Balaban J connectivity index is 1.53. The monoisotopic (exact) mass is 343 g/mol. The minimum absolute atomic E-state index is 0.519. The molecule has 0 saturated carbocycles. The van der Waals surface area contributed by atoms with Crippen molar-refractivity contribution in [3.63, 3.8) is 0 Å². The Morgan fingerprint density at radius 1 is 0.958 bits per heavy atom. The van der Waals surface area contributed by atoms with Gasteiger partial charge in [-0.15, -0.1) is 0 Å². The van der Waals surface area contributed by atoms with Gasteiger partial charge in [0.2, 0.25) is 0 Å². The summed E-state index contributed by atoms with van der Waals surface area (Å²) in [7, 11) is 0. The molecule has 128 valence electrons. The van der Waals surface area contributed by atoms with Crippen LogP contribution in [-0.4, -0.2) is 13.1 Å². The van der Waals surface area contributed by atoms with Gasteiger partial charge in [-0.1, -0.05) is 54.4 Å². The number of hydrogen-bond donors (Lipinski definition) is 1. The van der Waals surface area contributed by atoms with Crippen LogP contribution in [-0.2, 0) is 13.0 Å². The molecule has 0 aliphatic carbocycles. The minimum Gasteiger partial charge on any atom is -0.489 e. The largest absolute Gasteiger partial charge is 0.489 e. The van der Waals surface area contributed by atoms with Gasteiger partial charge in [-0.3, -0.25) is 0 Å². The second-order valence-electron chi connectivity index (χ2n) is 6.57. The number of nitrogens with one attached hydrogen (secondary N) is 1. The fourth-order valence-corrected chi connectivity index (χ4v) is 3.56. The number of halogens is 1. The average Bonchev–Trinajstić information content (AvgIpc) is 2.63. The summed E-state index contributed by atoms with van der Waals surface area (Å²) >= 11 is 6.21. The summed E-state index contributed by atoms with van der Waals surface area (Å²) in [5, 5.41) is 4.20. The van der Waals surface area contributed by atoms with Gasteiger partial charge in [0.05, 0.1) is 0 Å². The Labute approximate surface area is 150 Å². The molecule has 1 aliphatic rings. The van der Waals surface area contributed by atoms with Crippen LogP contribution in [0.5, 0.6) is 5.75 Å². The van der Waals surface area contributed by atoms with Gasteiger partial charge in [-0.05, 0) is 62.4 Å². The zero-order chi connectivity index (χ0) is 16.6. The van der Waals surface area contributed by atoms with Crippen molar-refractivity contribution in [2.24, 2.45) is 5.92 Å². The molecule has 3 heteroatoms. The molecule has 2 aromatic rings. The van der Waals surface area contributed by atoms with Crippen molar-refractivity contribution < 1.29 is 4.74 Å². The van der Waals surface area contributed by atoms with Gasteiger partial charge >= 0.3 is 0 Å². The summed E-state index contributed by atoms with van der Waals surface area (Å²) in [6.07, 6.45) is 6.29. The van der Waals surface area contributed by atoms with E-state index in [1.807, 2.05) is 30.3 Å². The molecule has 1 saturated heterocycles. The molecule has 1 heterocycles. The van der Waals surface area contributed by atoms with E-state index in [-0.39, 0.29) is 0 Å². The number of hydrogen-bond acceptors (Lipinski definition) is 2. The maximum absolute atomic E-state index is 6.21. The molecule has 0 bridgehead atoms. The lowest BCUT2D eigenvalue weighted by Gasteiger charge is -2.22. The molecule has 0 aromatic heterocycles. The first kappa shape index (κ1) is 17.3. The van der Waals surface area contributed by atoms with Crippen molar-refractivity contribution in [2.75, 3.05) is 13.1 Å². The maximum Gasteiger partial charge on any atom is 0.122 e. The average molecular weight is 344 g/mol. The molecular formula is C21H26ClNO. The van der Waals surface area contributed by atoms with Crippen molar-refractivity contribution >= 4 is 11.6 Å². The van der Waals surface area contributed by atoms with Gasteiger partial charge in [0.1, 0.15) is 12.4 Å². The highest BCUT2D eigenvalue weighted by Gasteiger charge is 2.13. The van der Waals surface area contributed by atoms with Crippen LogP contribution in [0.15, 0.2) is 48.5 Å². The van der Waals surface area contributed by atoms with Gasteiger partial charge < -0.3 is 10.1 Å². The second-order valence-corrected chi connectivity index (χ2v) is 6.98. The Morgan fingerprint density at radius 2 is 1.67 bits per heavy atom. The van der Waals surface area contributed by atoms with E-state index in [0.29, 0.717) is 6.61 Å². The predicted octanol–water partition coefficient (Wildman–Crippen LogP) is 5.24. The Bertz CT molecular complexity index is 637. The molecule has 3 rings (SSSR count). The number of benzene rings is 2. The molecule has 24 heavy (non-hydrogen) atoms. The van der Waals surface area contributed by atoms with Crippen LogP contribution in [0.4, 0.5) is 0 Å². The molecule has 1 aliphatic heterocycles. The van der Waals surface area contributed by atoms with Crippen LogP contribution in [0.25, 0.3) is 0 Å². The summed E-state index contributed by atoms with van der Waals surface area (Å²) in [5.74, 6) is 1.88. The molecule has 2 nitrogen and oxygen atoms in total. The number of ether oxygens (including phenoxy) is 1. The summed E-state index contributed by atoms with van der Waals surface area (Å²) < 4.78 is 6.05. The fourth-order valence-electron chi connectivity index (χ4n) is 3.37. The van der Waals surface area contributed by atoms with Crippen molar-refractivity contribution in [2.45, 2.75) is 38.7 Å². The van der Waals surface area contributed by atoms with Crippen LogP contribution in [0.1, 0.15) is 36.8 Å². The smallest absolute Gasteiger partial charge is 0.122 e. The van der Waals surface area contributed by atoms with E-state index in [2.05, 4.69) is 23.5 Å². The molecule has 0 atom stereocenters. The summed E-state index contributed by atoms with van der Waals surface area (Å²) in [4.78, 5) is 0. The Kier molecular flexibility index (Phi) is 6.57. The topological polar surface area (TPSA) is 21.3 Å². The Morgan fingerprint density at radius 3 is 2.46 bits per heavy atom. The summed E-state index contributed by atoms with van der Waals surface area (Å²) in [6, 6.07) is 16.3. The lowest BCUT2D eigenvalue weighted by molar-refractivity contribution is 0.301. The molecule has 1 fully saturated rings. The number of para-hydroxylation sites is 1. The van der Waals surface area contributed by atoms with Crippen LogP contribution in [0.3, 0.4) is 0 Å². The quantitative estimate of drug-likeness (QED) is 0.742. The number of piperidine rings is 1. The lowest BCUT2D eigenvalue weighted by Crippen LogP contribution is -2.27. The highest BCUT2D eigenvalue weighted by Crippen LogP contribution is 2.25. The first-order valence-electron chi connectivity index (χ1n) is 8.98. The first-order chi connectivity index (χ1) is 11.8. The van der Waals surface area contributed by atoms with Crippen LogP contribution in [0, 0.1) is 5.92 Å². The normalized spacial score (nSPS) is 15.4. The second kappa shape index (κ2) is 9.10. The van der Waals surface area contributed by atoms with Gasteiger partial charge in [0.15, 0.2) is 0 Å². The van der Waals surface area contributed by atoms with Crippen molar-refractivity contribution in [1.82, 2.24) is 5.32 Å². The van der Waals surface area contributed by atoms with Gasteiger partial charge in [-0.2, -0.15) is 0 Å². The molecule has 0 unspecified atom stereocenters. The predicted molar refractivity (Wildman–Crippen MR) is 101 cm³/mol. The SMILES string of the molecule is Clc1ccccc1COc1ccccc1CCCC1CCNCC1. The minimum atomic E-state index is 0.519. The van der Waals surface area contributed by atoms with Gasteiger partial charge in [0, 0.05) is 10.6 Å². The van der Waals surface area contributed by atoms with Gasteiger partial charge in [0.25, 0.3) is 0 Å². The summed E-state index contributed by atoms with van der Waals surface area (Å²) in [5.41, 5.74) is 2.34. The number of rotatable bonds is 7. The fraction of sp³-hybridized carbons (Fsp3) is 0.429. The molecule has 1 N–H and O–H groups in total. The Hall–Kier alpha value is -1.51. The maximum atomic E-state index is 6.21. The van der Waals surface area contributed by atoms with Crippen molar-refractivity contribution in [3.8, 4) is 5.75 Å². The third-order valence-corrected chi connectivity index (χ3v) is 5.20. The van der Waals surface area contributed by atoms with Gasteiger partial charge in [-0.25, -0.2) is 0 Å². The van der Waals surface area contributed by atoms with E-state index in [1.165, 1.54) is 44.3 Å². The van der Waals surface area contributed by atoms with E-state index in [1.54, 1.807) is 0 Å². The zero-order valence-electron chi connectivity index (χ0n) is 14.1. The van der Waals surface area contributed by atoms with Crippen LogP contribution >= 0.6 is 11.6 Å². The number of aryl methyl sites for hydroxylation is 1. The van der Waals surface area contributed by atoms with Crippen molar-refractivity contribution in [1.29, 1.82) is 0 Å². The standard InChI is InChI=1S/C21H26ClNO/c22-20-10-3-1-8-19(20)16-24-21-11-4-2-7-18(21)9-5-6-17-12-14-23-15-13-17/h1-4,7-8,10-11,17,23H,5-6,9,12-16H2. The van der Waals surface area contributed by atoms with E-state index < -0.39 is 0 Å². The molecular weight excluding hydrogens is 318 g/mol. The zero-order valence-corrected chi connectivity index (χ0v) is 14.9. The highest BCUT2D eigenvalue weighted by atomic mass is 35.5. The summed E-state index contributed by atoms with van der Waals surface area (Å²) in [6.45, 7) is 2.88. The molecule has 0 amide bonds. The molecule has 0 radical (unpaired) electrons. The molecule has 0 spiro atoms. The molecule has 2 aromatic carbocycles. The van der Waals surface area contributed by atoms with Crippen molar-refractivity contribution in [3.05, 3.63) is 64.7 Å². The van der Waals surface area contributed by atoms with E-state index in [9.17, 15) is 0 Å². The van der Waals surface area contributed by atoms with E-state index >= 15 is 0 Å². The third-order valence-electron chi connectivity index (χ3n) is 4.83. The van der Waals surface area contributed by atoms with Crippen LogP contribution in [0.2, 0.25) is 5.02 Å². The lowest BCUT2D eigenvalue weighted by atomic mass is 9.91. The highest BCUT2D eigenvalue weighted by molar-refractivity contribution is 6.31. The van der Waals surface area contributed by atoms with Crippen LogP contribution < -0.4 is 10.1 Å². The van der Waals surface area contributed by atoms with E-state index in [4.69, 9.17) is 16.3 Å². The third kappa shape index (κ3) is 4.99. The van der Waals surface area contributed by atoms with E-state index in [0.717, 1.165) is 28.7 Å². The first-order valence-corrected chi connectivity index (χ1v) is 9.35.